The van der Waals surface area contributed by atoms with Crippen LogP contribution in [0.4, 0.5) is 0 Å². The lowest BCUT2D eigenvalue weighted by Crippen LogP contribution is -2.30. The van der Waals surface area contributed by atoms with Crippen molar-refractivity contribution in [2.75, 3.05) is 13.2 Å². The van der Waals surface area contributed by atoms with Gasteiger partial charge in [-0.2, -0.15) is 0 Å². The number of rotatable bonds is 54. The summed E-state index contributed by atoms with van der Waals surface area (Å²) in [6.45, 7) is 6.45. The first kappa shape index (κ1) is 68.3. The van der Waals surface area contributed by atoms with E-state index in [1.807, 2.05) is 0 Å². The predicted molar refractivity (Wildman–Crippen MR) is 311 cm³/mol. The summed E-state index contributed by atoms with van der Waals surface area (Å²) < 4.78 is 16.8. The van der Waals surface area contributed by atoms with Crippen LogP contribution in [-0.4, -0.2) is 37.2 Å². The van der Waals surface area contributed by atoms with E-state index in [4.69, 9.17) is 14.2 Å². The van der Waals surface area contributed by atoms with Crippen molar-refractivity contribution in [1.29, 1.82) is 0 Å². The van der Waals surface area contributed by atoms with Gasteiger partial charge in [0.2, 0.25) is 0 Å². The number of esters is 3. The monoisotopic (exact) mass is 1000 g/mol. The van der Waals surface area contributed by atoms with Crippen LogP contribution >= 0.6 is 0 Å². The molecule has 6 nitrogen and oxygen atoms in total. The van der Waals surface area contributed by atoms with E-state index in [0.29, 0.717) is 19.3 Å². The molecule has 0 aliphatic carbocycles. The maximum Gasteiger partial charge on any atom is 0.306 e. The Morgan fingerprint density at radius 2 is 0.542 bits per heavy atom. The molecule has 0 aliphatic heterocycles. The first-order chi connectivity index (χ1) is 35.5. The molecule has 1 atom stereocenters. The van der Waals surface area contributed by atoms with Crippen molar-refractivity contribution >= 4 is 17.9 Å². The second-order valence-electron chi connectivity index (χ2n) is 19.9. The average Bonchev–Trinajstić information content (AvgIpc) is 3.38. The summed E-state index contributed by atoms with van der Waals surface area (Å²) in [6.07, 6.45) is 80.0. The highest BCUT2D eigenvalue weighted by Gasteiger charge is 2.19. The van der Waals surface area contributed by atoms with Gasteiger partial charge in [0.25, 0.3) is 0 Å². The zero-order valence-electron chi connectivity index (χ0n) is 47.2. The van der Waals surface area contributed by atoms with Crippen LogP contribution in [0.1, 0.15) is 284 Å². The molecule has 0 aromatic carbocycles. The molecule has 0 saturated carbocycles. The number of allylic oxidation sites excluding steroid dienone is 16. The molecule has 1 unspecified atom stereocenters. The number of hydrogen-bond donors (Lipinski definition) is 0. The maximum atomic E-state index is 12.8. The van der Waals surface area contributed by atoms with Gasteiger partial charge in [-0.15, -0.1) is 0 Å². The molecule has 0 aromatic heterocycles. The summed E-state index contributed by atoms with van der Waals surface area (Å²) in [5, 5.41) is 0. The Hall–Kier alpha value is -3.67. The van der Waals surface area contributed by atoms with Crippen molar-refractivity contribution in [3.63, 3.8) is 0 Å². The molecule has 0 bridgehead atoms. The van der Waals surface area contributed by atoms with E-state index in [1.165, 1.54) is 135 Å². The molecule has 0 saturated heterocycles. The minimum atomic E-state index is -0.783. The van der Waals surface area contributed by atoms with Crippen LogP contribution in [-0.2, 0) is 28.6 Å². The Labute approximate surface area is 445 Å². The number of hydrogen-bond acceptors (Lipinski definition) is 6. The molecule has 0 spiro atoms. The SMILES string of the molecule is CC/C=C\C/C=C\C/C=C\C/C=C\C/C=C\CCCCCCCCCC(=O)OC(COC(=O)CCCCCCCC)COC(=O)CCCCCCCCCCCC/C=C\C/C=C\C/C=C\CCCCCCC. The Kier molecular flexibility index (Phi) is 56.8. The van der Waals surface area contributed by atoms with E-state index in [-0.39, 0.29) is 31.1 Å². The molecule has 0 aromatic rings. The Balaban J connectivity index is 4.17. The first-order valence-electron chi connectivity index (χ1n) is 30.2. The van der Waals surface area contributed by atoms with E-state index >= 15 is 0 Å². The van der Waals surface area contributed by atoms with Gasteiger partial charge in [0, 0.05) is 19.3 Å². The fourth-order valence-corrected chi connectivity index (χ4v) is 8.30. The molecule has 0 heterocycles. The number of ether oxygens (including phenoxy) is 3. The van der Waals surface area contributed by atoms with Crippen molar-refractivity contribution in [2.24, 2.45) is 0 Å². The fraction of sp³-hybridized carbons (Fsp3) is 0.712. The van der Waals surface area contributed by atoms with Gasteiger partial charge >= 0.3 is 17.9 Å². The number of carbonyl (C=O) groups is 3. The second-order valence-corrected chi connectivity index (χ2v) is 19.9. The summed E-state index contributed by atoms with van der Waals surface area (Å²) >= 11 is 0. The molecule has 72 heavy (non-hydrogen) atoms. The van der Waals surface area contributed by atoms with Crippen LogP contribution in [0.5, 0.6) is 0 Å². The highest BCUT2D eigenvalue weighted by Crippen LogP contribution is 2.15. The Morgan fingerprint density at radius 3 is 0.847 bits per heavy atom. The first-order valence-corrected chi connectivity index (χ1v) is 30.2. The van der Waals surface area contributed by atoms with Crippen LogP contribution < -0.4 is 0 Å². The van der Waals surface area contributed by atoms with E-state index in [1.54, 1.807) is 0 Å². The van der Waals surface area contributed by atoms with E-state index in [2.05, 4.69) is 118 Å². The van der Waals surface area contributed by atoms with Gasteiger partial charge in [-0.3, -0.25) is 14.4 Å². The van der Waals surface area contributed by atoms with Crippen molar-refractivity contribution in [3.8, 4) is 0 Å². The van der Waals surface area contributed by atoms with Crippen molar-refractivity contribution in [1.82, 2.24) is 0 Å². The van der Waals surface area contributed by atoms with Gasteiger partial charge in [-0.25, -0.2) is 0 Å². The quantitative estimate of drug-likeness (QED) is 0.0261. The summed E-state index contributed by atoms with van der Waals surface area (Å²) in [6, 6.07) is 0. The smallest absolute Gasteiger partial charge is 0.306 e. The molecular weight excluding hydrogens is 889 g/mol. The maximum absolute atomic E-state index is 12.8. The highest BCUT2D eigenvalue weighted by molar-refractivity contribution is 5.71. The molecule has 6 heteroatoms. The standard InChI is InChI=1S/C66H112O6/c1-4-7-10-13-16-18-20-22-24-26-28-30-32-33-35-36-38-40-42-44-46-48-50-53-56-59-65(68)71-62-63(61-70-64(67)58-55-52-15-12-9-6-3)72-66(69)60-57-54-51-49-47-45-43-41-39-37-34-31-29-27-25-23-21-19-17-14-11-8-5-2/h8,11,17,19-20,22-23,25-26,28-29,31-33,37,39,63H,4-7,9-10,12-16,18,21,24,27,30,34-36,38,40-62H2,1-3H3/b11-8-,19-17-,22-20-,25-23-,28-26-,31-29-,33-32-,39-37-. The minimum absolute atomic E-state index is 0.0833. The van der Waals surface area contributed by atoms with Gasteiger partial charge in [0.05, 0.1) is 0 Å². The normalized spacial score (nSPS) is 12.8. The van der Waals surface area contributed by atoms with E-state index in [0.717, 1.165) is 109 Å². The summed E-state index contributed by atoms with van der Waals surface area (Å²) in [5.41, 5.74) is 0. The third-order valence-electron chi connectivity index (χ3n) is 12.8. The zero-order chi connectivity index (χ0) is 52.2. The average molecular weight is 1000 g/mol. The molecule has 0 radical (unpaired) electrons. The van der Waals surface area contributed by atoms with Crippen LogP contribution in [0, 0.1) is 0 Å². The molecule has 412 valence electrons. The summed E-state index contributed by atoms with van der Waals surface area (Å²) in [5.74, 6) is -0.904. The van der Waals surface area contributed by atoms with Crippen molar-refractivity contribution in [3.05, 3.63) is 97.2 Å². The lowest BCUT2D eigenvalue weighted by atomic mass is 10.1. The predicted octanol–water partition coefficient (Wildman–Crippen LogP) is 20.5. The molecular formula is C66H112O6. The van der Waals surface area contributed by atoms with Crippen LogP contribution in [0.3, 0.4) is 0 Å². The highest BCUT2D eigenvalue weighted by atomic mass is 16.6. The third-order valence-corrected chi connectivity index (χ3v) is 12.8. The van der Waals surface area contributed by atoms with Crippen LogP contribution in [0.15, 0.2) is 97.2 Å². The molecule has 0 rings (SSSR count). The van der Waals surface area contributed by atoms with Crippen LogP contribution in [0.25, 0.3) is 0 Å². The number of unbranched alkanes of at least 4 members (excludes halogenated alkanes) is 27. The minimum Gasteiger partial charge on any atom is -0.462 e. The summed E-state index contributed by atoms with van der Waals surface area (Å²) in [7, 11) is 0. The van der Waals surface area contributed by atoms with Crippen molar-refractivity contribution in [2.45, 2.75) is 290 Å². The molecule has 0 fully saturated rings. The van der Waals surface area contributed by atoms with Gasteiger partial charge in [-0.05, 0) is 103 Å². The lowest BCUT2D eigenvalue weighted by Gasteiger charge is -2.18. The Morgan fingerprint density at radius 1 is 0.292 bits per heavy atom. The van der Waals surface area contributed by atoms with Crippen molar-refractivity contribution < 1.29 is 28.6 Å². The summed E-state index contributed by atoms with van der Waals surface area (Å²) in [4.78, 5) is 38.0. The van der Waals surface area contributed by atoms with E-state index in [9.17, 15) is 14.4 Å². The lowest BCUT2D eigenvalue weighted by molar-refractivity contribution is -0.167. The van der Waals surface area contributed by atoms with Crippen LogP contribution in [0.2, 0.25) is 0 Å². The topological polar surface area (TPSA) is 78.9 Å². The second kappa shape index (κ2) is 59.9. The molecule has 0 aliphatic rings. The number of carbonyl (C=O) groups excluding carboxylic acids is 3. The fourth-order valence-electron chi connectivity index (χ4n) is 8.30. The van der Waals surface area contributed by atoms with Gasteiger partial charge in [0.1, 0.15) is 13.2 Å². The molecule has 0 N–H and O–H groups in total. The Bertz CT molecular complexity index is 1430. The van der Waals surface area contributed by atoms with E-state index < -0.39 is 6.10 Å². The zero-order valence-corrected chi connectivity index (χ0v) is 47.2. The van der Waals surface area contributed by atoms with Gasteiger partial charge in [0.15, 0.2) is 6.10 Å². The molecule has 0 amide bonds. The largest absolute Gasteiger partial charge is 0.462 e. The van der Waals surface area contributed by atoms with Gasteiger partial charge in [-0.1, -0.05) is 259 Å². The van der Waals surface area contributed by atoms with Gasteiger partial charge < -0.3 is 14.2 Å². The third kappa shape index (κ3) is 57.2.